The third-order valence-electron chi connectivity index (χ3n) is 6.00. The third-order valence-corrected chi connectivity index (χ3v) is 6.00. The van der Waals surface area contributed by atoms with E-state index in [0.717, 1.165) is 11.1 Å². The summed E-state index contributed by atoms with van der Waals surface area (Å²) in [5.41, 5.74) is 4.06. The fourth-order valence-corrected chi connectivity index (χ4v) is 3.76. The summed E-state index contributed by atoms with van der Waals surface area (Å²) in [7, 11) is 0. The highest BCUT2D eigenvalue weighted by Gasteiger charge is 2.24. The van der Waals surface area contributed by atoms with Gasteiger partial charge in [-0.2, -0.15) is 0 Å². The first kappa shape index (κ1) is 23.5. The van der Waals surface area contributed by atoms with Gasteiger partial charge in [-0.05, 0) is 56.9 Å². The van der Waals surface area contributed by atoms with Gasteiger partial charge in [0.25, 0.3) is 5.91 Å². The van der Waals surface area contributed by atoms with Crippen molar-refractivity contribution >= 4 is 17.6 Å². The molecule has 1 saturated heterocycles. The Morgan fingerprint density at radius 3 is 2.28 bits per heavy atom. The van der Waals surface area contributed by atoms with E-state index >= 15 is 0 Å². The predicted molar refractivity (Wildman–Crippen MR) is 124 cm³/mol. The van der Waals surface area contributed by atoms with Gasteiger partial charge in [0.1, 0.15) is 5.75 Å². The molecule has 0 aromatic heterocycles. The maximum atomic E-state index is 12.5. The SMILES string of the molecule is Cc1ccc(C(=O)CCC(=O)N2CCC(NC(=O)COc3ccc(C)c(C)c3)CC2)cc1. The summed E-state index contributed by atoms with van der Waals surface area (Å²) in [5, 5.41) is 2.99. The Morgan fingerprint density at radius 1 is 0.938 bits per heavy atom. The van der Waals surface area contributed by atoms with Gasteiger partial charge in [-0.3, -0.25) is 14.4 Å². The fraction of sp³-hybridized carbons (Fsp3) is 0.423. The van der Waals surface area contributed by atoms with E-state index in [0.29, 0.717) is 37.2 Å². The van der Waals surface area contributed by atoms with Gasteiger partial charge in [-0.15, -0.1) is 0 Å². The molecule has 1 fully saturated rings. The summed E-state index contributed by atoms with van der Waals surface area (Å²) in [4.78, 5) is 38.8. The van der Waals surface area contributed by atoms with E-state index in [4.69, 9.17) is 4.74 Å². The minimum absolute atomic E-state index is 0.00619. The lowest BCUT2D eigenvalue weighted by molar-refractivity contribution is -0.132. The summed E-state index contributed by atoms with van der Waals surface area (Å²) in [5.74, 6) is 0.512. The van der Waals surface area contributed by atoms with Crippen LogP contribution in [0.4, 0.5) is 0 Å². The molecule has 0 unspecified atom stereocenters. The van der Waals surface area contributed by atoms with Crippen molar-refractivity contribution in [2.24, 2.45) is 0 Å². The molecule has 32 heavy (non-hydrogen) atoms. The lowest BCUT2D eigenvalue weighted by Gasteiger charge is -2.32. The van der Waals surface area contributed by atoms with Crippen LogP contribution in [0.3, 0.4) is 0 Å². The molecule has 1 aliphatic heterocycles. The van der Waals surface area contributed by atoms with Crippen molar-refractivity contribution in [3.63, 3.8) is 0 Å². The van der Waals surface area contributed by atoms with Crippen molar-refractivity contribution < 1.29 is 19.1 Å². The van der Waals surface area contributed by atoms with Crippen molar-refractivity contribution in [3.8, 4) is 5.75 Å². The lowest BCUT2D eigenvalue weighted by atomic mass is 10.0. The lowest BCUT2D eigenvalue weighted by Crippen LogP contribution is -2.47. The molecule has 0 bridgehead atoms. The van der Waals surface area contributed by atoms with Crippen LogP contribution >= 0.6 is 0 Å². The Bertz CT molecular complexity index is 960. The van der Waals surface area contributed by atoms with Crippen molar-refractivity contribution in [2.75, 3.05) is 19.7 Å². The maximum absolute atomic E-state index is 12.5. The second kappa shape index (κ2) is 10.9. The van der Waals surface area contributed by atoms with E-state index in [1.54, 1.807) is 17.0 Å². The molecule has 6 heteroatoms. The molecule has 1 heterocycles. The average Bonchev–Trinajstić information content (AvgIpc) is 2.79. The van der Waals surface area contributed by atoms with E-state index in [2.05, 4.69) is 5.32 Å². The highest BCUT2D eigenvalue weighted by atomic mass is 16.5. The molecule has 2 aromatic rings. The van der Waals surface area contributed by atoms with Crippen LogP contribution in [0.2, 0.25) is 0 Å². The van der Waals surface area contributed by atoms with Gasteiger partial charge in [0, 0.05) is 37.5 Å². The molecule has 2 amide bonds. The number of amides is 2. The number of piperidine rings is 1. The average molecular weight is 437 g/mol. The van der Waals surface area contributed by atoms with Crippen LogP contribution in [-0.4, -0.2) is 48.2 Å². The highest BCUT2D eigenvalue weighted by Crippen LogP contribution is 2.17. The molecule has 1 aliphatic rings. The number of carbonyl (C=O) groups excluding carboxylic acids is 3. The molecule has 0 saturated carbocycles. The summed E-state index contributed by atoms with van der Waals surface area (Å²) in [6.45, 7) is 7.16. The van der Waals surface area contributed by atoms with Gasteiger partial charge in [0.2, 0.25) is 5.91 Å². The number of benzene rings is 2. The van der Waals surface area contributed by atoms with Gasteiger partial charge in [0.05, 0.1) is 0 Å². The second-order valence-corrected chi connectivity index (χ2v) is 8.55. The standard InChI is InChI=1S/C26H32N2O4/c1-18-4-7-21(8-5-18)24(29)10-11-26(31)28-14-12-22(13-15-28)27-25(30)17-32-23-9-6-19(2)20(3)16-23/h4-9,16,22H,10-15,17H2,1-3H3,(H,27,30). The largest absolute Gasteiger partial charge is 0.484 e. The number of carbonyl (C=O) groups is 3. The molecular weight excluding hydrogens is 404 g/mol. The topological polar surface area (TPSA) is 75.7 Å². The Balaban J connectivity index is 1.36. The zero-order valence-corrected chi connectivity index (χ0v) is 19.1. The molecule has 6 nitrogen and oxygen atoms in total. The summed E-state index contributed by atoms with van der Waals surface area (Å²) in [6.07, 6.45) is 1.84. The molecule has 3 rings (SSSR count). The van der Waals surface area contributed by atoms with E-state index in [-0.39, 0.29) is 43.1 Å². The highest BCUT2D eigenvalue weighted by molar-refractivity contribution is 5.98. The van der Waals surface area contributed by atoms with Gasteiger partial charge >= 0.3 is 0 Å². The van der Waals surface area contributed by atoms with Crippen LogP contribution < -0.4 is 10.1 Å². The van der Waals surface area contributed by atoms with E-state index in [1.807, 2.05) is 51.1 Å². The molecule has 0 spiro atoms. The summed E-state index contributed by atoms with van der Waals surface area (Å²) < 4.78 is 5.59. The van der Waals surface area contributed by atoms with Crippen LogP contribution in [-0.2, 0) is 9.59 Å². The van der Waals surface area contributed by atoms with Crippen LogP contribution in [0.25, 0.3) is 0 Å². The first-order chi connectivity index (χ1) is 15.3. The van der Waals surface area contributed by atoms with Crippen LogP contribution in [0.15, 0.2) is 42.5 Å². The molecule has 170 valence electrons. The van der Waals surface area contributed by atoms with Crippen molar-refractivity contribution in [1.29, 1.82) is 0 Å². The van der Waals surface area contributed by atoms with Gasteiger partial charge in [-0.25, -0.2) is 0 Å². The monoisotopic (exact) mass is 436 g/mol. The molecule has 0 aliphatic carbocycles. The first-order valence-corrected chi connectivity index (χ1v) is 11.2. The number of Topliss-reactive ketones (excluding diaryl/α,β-unsaturated/α-hetero) is 1. The van der Waals surface area contributed by atoms with Crippen LogP contribution in [0.5, 0.6) is 5.75 Å². The number of nitrogens with zero attached hydrogens (tertiary/aromatic N) is 1. The number of hydrogen-bond donors (Lipinski definition) is 1. The van der Waals surface area contributed by atoms with Crippen LogP contribution in [0.1, 0.15) is 52.7 Å². The number of hydrogen-bond acceptors (Lipinski definition) is 4. The fourth-order valence-electron chi connectivity index (χ4n) is 3.76. The predicted octanol–water partition coefficient (Wildman–Crippen LogP) is 3.76. The van der Waals surface area contributed by atoms with E-state index < -0.39 is 0 Å². The van der Waals surface area contributed by atoms with Crippen molar-refractivity contribution in [1.82, 2.24) is 10.2 Å². The summed E-state index contributed by atoms with van der Waals surface area (Å²) in [6, 6.07) is 13.2. The van der Waals surface area contributed by atoms with Gasteiger partial charge in [0.15, 0.2) is 12.4 Å². The zero-order chi connectivity index (χ0) is 23.1. The Labute approximate surface area is 189 Å². The number of aryl methyl sites for hydroxylation is 3. The quantitative estimate of drug-likeness (QED) is 0.640. The Kier molecular flexibility index (Phi) is 8.03. The number of likely N-dealkylation sites (tertiary alicyclic amines) is 1. The van der Waals surface area contributed by atoms with E-state index in [1.165, 1.54) is 5.56 Å². The van der Waals surface area contributed by atoms with Crippen molar-refractivity contribution in [3.05, 3.63) is 64.7 Å². The number of nitrogens with one attached hydrogen (secondary N) is 1. The number of ketones is 1. The zero-order valence-electron chi connectivity index (χ0n) is 19.1. The number of ether oxygens (including phenoxy) is 1. The smallest absolute Gasteiger partial charge is 0.258 e. The molecule has 0 radical (unpaired) electrons. The molecule has 0 atom stereocenters. The minimum Gasteiger partial charge on any atom is -0.484 e. The second-order valence-electron chi connectivity index (χ2n) is 8.55. The molecular formula is C26H32N2O4. The Hall–Kier alpha value is -3.15. The summed E-state index contributed by atoms with van der Waals surface area (Å²) >= 11 is 0. The maximum Gasteiger partial charge on any atom is 0.258 e. The Morgan fingerprint density at radius 2 is 1.62 bits per heavy atom. The molecule has 1 N–H and O–H groups in total. The van der Waals surface area contributed by atoms with Crippen molar-refractivity contribution in [2.45, 2.75) is 52.5 Å². The minimum atomic E-state index is -0.156. The van der Waals surface area contributed by atoms with Crippen LogP contribution in [0, 0.1) is 20.8 Å². The normalized spacial score (nSPS) is 14.2. The van der Waals surface area contributed by atoms with Gasteiger partial charge in [-0.1, -0.05) is 35.9 Å². The van der Waals surface area contributed by atoms with E-state index in [9.17, 15) is 14.4 Å². The van der Waals surface area contributed by atoms with Gasteiger partial charge < -0.3 is 15.0 Å². The molecule has 2 aromatic carbocycles. The number of rotatable bonds is 8. The first-order valence-electron chi connectivity index (χ1n) is 11.2. The third kappa shape index (κ3) is 6.67.